The van der Waals surface area contributed by atoms with Crippen molar-refractivity contribution in [3.8, 4) is 0 Å². The Hall–Kier alpha value is -1.30. The van der Waals surface area contributed by atoms with Gasteiger partial charge in [-0.15, -0.1) is 0 Å². The number of ether oxygens (including phenoxy) is 1. The Labute approximate surface area is 126 Å². The van der Waals surface area contributed by atoms with Crippen LogP contribution in [0.2, 0.25) is 0 Å². The molecule has 1 heterocycles. The van der Waals surface area contributed by atoms with Crippen LogP contribution < -0.4 is 0 Å². The summed E-state index contributed by atoms with van der Waals surface area (Å²) in [5.74, 6) is -0.397. The van der Waals surface area contributed by atoms with Crippen LogP contribution >= 0.6 is 0 Å². The number of rotatable bonds is 4. The third kappa shape index (κ3) is 3.87. The highest BCUT2D eigenvalue weighted by molar-refractivity contribution is 5.83. The highest BCUT2D eigenvalue weighted by Gasteiger charge is 2.41. The number of hydrogen-bond acceptors (Lipinski definition) is 3. The van der Waals surface area contributed by atoms with E-state index in [4.69, 9.17) is 4.74 Å². The molecule has 1 aliphatic heterocycles. The van der Waals surface area contributed by atoms with Crippen LogP contribution in [0.25, 0.3) is 0 Å². The first kappa shape index (κ1) is 16.1. The second-order valence-electron chi connectivity index (χ2n) is 6.27. The first-order valence-corrected chi connectivity index (χ1v) is 7.80. The third-order valence-corrected chi connectivity index (χ3v) is 4.71. The van der Waals surface area contributed by atoms with Crippen molar-refractivity contribution in [3.63, 3.8) is 0 Å². The molecule has 6 nitrogen and oxygen atoms in total. The minimum atomic E-state index is -0.950. The molecule has 2 atom stereocenters. The Morgan fingerprint density at radius 3 is 2.52 bits per heavy atom. The van der Waals surface area contributed by atoms with Crippen LogP contribution in [0.15, 0.2) is 0 Å². The third-order valence-electron chi connectivity index (χ3n) is 4.71. The molecule has 2 aliphatic rings. The summed E-state index contributed by atoms with van der Waals surface area (Å²) >= 11 is 0. The molecule has 2 rings (SSSR count). The first-order valence-electron chi connectivity index (χ1n) is 7.80. The molecule has 0 aromatic carbocycles. The molecule has 0 aromatic heterocycles. The fraction of sp³-hybridized carbons (Fsp3) is 0.867. The smallest absolute Gasteiger partial charge is 0.326 e. The zero-order valence-electron chi connectivity index (χ0n) is 13.0. The molecule has 2 unspecified atom stereocenters. The molecule has 0 spiro atoms. The van der Waals surface area contributed by atoms with Gasteiger partial charge in [-0.05, 0) is 18.8 Å². The summed E-state index contributed by atoms with van der Waals surface area (Å²) in [6, 6.07) is -0.955. The monoisotopic (exact) mass is 298 g/mol. The van der Waals surface area contributed by atoms with E-state index in [0.29, 0.717) is 18.9 Å². The van der Waals surface area contributed by atoms with E-state index in [1.54, 1.807) is 19.1 Å². The lowest BCUT2D eigenvalue weighted by atomic mass is 9.89. The number of aliphatic carboxylic acids is 1. The number of likely N-dealkylation sites (tertiary alicyclic amines) is 1. The molecule has 21 heavy (non-hydrogen) atoms. The normalized spacial score (nSPS) is 26.9. The number of methoxy groups -OCH3 is 1. The van der Waals surface area contributed by atoms with Crippen LogP contribution in [0.5, 0.6) is 0 Å². The van der Waals surface area contributed by atoms with Gasteiger partial charge in [0.05, 0.1) is 6.10 Å². The highest BCUT2D eigenvalue weighted by atomic mass is 16.5. The van der Waals surface area contributed by atoms with Crippen molar-refractivity contribution in [1.29, 1.82) is 0 Å². The number of carboxylic acid groups (broad SMARTS) is 1. The van der Waals surface area contributed by atoms with Gasteiger partial charge in [-0.3, -0.25) is 0 Å². The van der Waals surface area contributed by atoms with Gasteiger partial charge in [-0.25, -0.2) is 9.59 Å². The van der Waals surface area contributed by atoms with Gasteiger partial charge >= 0.3 is 12.0 Å². The summed E-state index contributed by atoms with van der Waals surface area (Å²) in [6.07, 6.45) is 6.28. The molecular weight excluding hydrogens is 272 g/mol. The van der Waals surface area contributed by atoms with Crippen molar-refractivity contribution in [2.75, 3.05) is 27.2 Å². The maximum atomic E-state index is 12.5. The summed E-state index contributed by atoms with van der Waals surface area (Å²) < 4.78 is 5.23. The lowest BCUT2D eigenvalue weighted by Gasteiger charge is -2.31. The van der Waals surface area contributed by atoms with Crippen LogP contribution in [-0.2, 0) is 9.53 Å². The largest absolute Gasteiger partial charge is 0.480 e. The molecule has 2 amide bonds. The molecule has 1 saturated carbocycles. The Bertz CT molecular complexity index is 382. The molecule has 0 radical (unpaired) electrons. The van der Waals surface area contributed by atoms with E-state index >= 15 is 0 Å². The molecule has 1 N–H and O–H groups in total. The first-order chi connectivity index (χ1) is 10.0. The van der Waals surface area contributed by atoms with Gasteiger partial charge in [0, 0.05) is 33.7 Å². The zero-order chi connectivity index (χ0) is 15.4. The number of carbonyl (C=O) groups is 2. The van der Waals surface area contributed by atoms with Gasteiger partial charge in [0.15, 0.2) is 0 Å². The molecule has 120 valence electrons. The minimum absolute atomic E-state index is 0.182. The van der Waals surface area contributed by atoms with Crippen molar-refractivity contribution in [2.45, 2.75) is 50.7 Å². The fourth-order valence-corrected chi connectivity index (χ4v) is 3.47. The second-order valence-corrected chi connectivity index (χ2v) is 6.27. The number of hydrogen-bond donors (Lipinski definition) is 1. The summed E-state index contributed by atoms with van der Waals surface area (Å²) in [6.45, 7) is 1.08. The van der Waals surface area contributed by atoms with Crippen LogP contribution in [0.4, 0.5) is 4.79 Å². The van der Waals surface area contributed by atoms with E-state index in [-0.39, 0.29) is 12.1 Å². The van der Waals surface area contributed by atoms with E-state index in [1.807, 2.05) is 0 Å². The van der Waals surface area contributed by atoms with Crippen LogP contribution in [-0.4, -0.2) is 66.3 Å². The van der Waals surface area contributed by atoms with Crippen molar-refractivity contribution in [2.24, 2.45) is 5.92 Å². The number of urea groups is 1. The molecule has 0 bridgehead atoms. The summed E-state index contributed by atoms with van der Waals surface area (Å²) in [7, 11) is 3.33. The van der Waals surface area contributed by atoms with Gasteiger partial charge < -0.3 is 19.6 Å². The Kier molecular flexibility index (Phi) is 5.45. The molecule has 0 aromatic rings. The van der Waals surface area contributed by atoms with Crippen LogP contribution in [0.1, 0.15) is 38.5 Å². The second kappa shape index (κ2) is 7.11. The van der Waals surface area contributed by atoms with E-state index in [0.717, 1.165) is 6.54 Å². The molecule has 1 saturated heterocycles. The van der Waals surface area contributed by atoms with Gasteiger partial charge in [-0.1, -0.05) is 19.3 Å². The lowest BCUT2D eigenvalue weighted by Crippen LogP contribution is -2.48. The van der Waals surface area contributed by atoms with E-state index in [9.17, 15) is 14.7 Å². The highest BCUT2D eigenvalue weighted by Crippen LogP contribution is 2.26. The van der Waals surface area contributed by atoms with E-state index < -0.39 is 12.0 Å². The van der Waals surface area contributed by atoms with Gasteiger partial charge in [-0.2, -0.15) is 0 Å². The summed E-state index contributed by atoms with van der Waals surface area (Å²) in [4.78, 5) is 27.0. The Morgan fingerprint density at radius 2 is 1.95 bits per heavy atom. The zero-order valence-corrected chi connectivity index (χ0v) is 13.0. The quantitative estimate of drug-likeness (QED) is 0.859. The minimum Gasteiger partial charge on any atom is -0.480 e. The molecule has 2 fully saturated rings. The summed E-state index contributed by atoms with van der Waals surface area (Å²) in [5, 5.41) is 9.28. The van der Waals surface area contributed by atoms with Crippen molar-refractivity contribution in [1.82, 2.24) is 9.80 Å². The van der Waals surface area contributed by atoms with Crippen LogP contribution in [0.3, 0.4) is 0 Å². The van der Waals surface area contributed by atoms with Gasteiger partial charge in [0.2, 0.25) is 0 Å². The standard InChI is InChI=1S/C15H26N2O4/c1-16(9-11-6-4-3-5-7-11)15(20)17-10-12(21-2)8-13(17)14(18)19/h11-13H,3-10H2,1-2H3,(H,18,19). The Balaban J connectivity index is 1.94. The number of carbonyl (C=O) groups excluding carboxylic acids is 1. The van der Waals surface area contributed by atoms with Gasteiger partial charge in [0.1, 0.15) is 6.04 Å². The lowest BCUT2D eigenvalue weighted by molar-refractivity contribution is -0.141. The fourth-order valence-electron chi connectivity index (χ4n) is 3.47. The molecule has 1 aliphatic carbocycles. The maximum absolute atomic E-state index is 12.5. The predicted octanol–water partition coefficient (Wildman–Crippen LogP) is 1.79. The SMILES string of the molecule is COC1CC(C(=O)O)N(C(=O)N(C)CC2CCCCC2)C1. The number of nitrogens with zero attached hydrogens (tertiary/aromatic N) is 2. The van der Waals surface area contributed by atoms with Gasteiger partial charge in [0.25, 0.3) is 0 Å². The molecular formula is C15H26N2O4. The van der Waals surface area contributed by atoms with Crippen molar-refractivity contribution in [3.05, 3.63) is 0 Å². The Morgan fingerprint density at radius 1 is 1.29 bits per heavy atom. The predicted molar refractivity (Wildman–Crippen MR) is 78.1 cm³/mol. The van der Waals surface area contributed by atoms with Crippen LogP contribution in [0, 0.1) is 5.92 Å². The average molecular weight is 298 g/mol. The summed E-state index contributed by atoms with van der Waals surface area (Å²) in [5.41, 5.74) is 0. The van der Waals surface area contributed by atoms with Crippen molar-refractivity contribution >= 4 is 12.0 Å². The average Bonchev–Trinajstić information content (AvgIpc) is 2.92. The van der Waals surface area contributed by atoms with E-state index in [1.165, 1.54) is 37.0 Å². The molecule has 6 heteroatoms. The maximum Gasteiger partial charge on any atom is 0.326 e. The van der Waals surface area contributed by atoms with E-state index in [2.05, 4.69) is 0 Å². The number of carboxylic acids is 1. The topological polar surface area (TPSA) is 70.1 Å². The van der Waals surface area contributed by atoms with Crippen molar-refractivity contribution < 1.29 is 19.4 Å². The number of amides is 2.